The minimum absolute atomic E-state index is 0.0277. The molecule has 0 spiro atoms. The molecule has 0 saturated carbocycles. The maximum absolute atomic E-state index is 12.6. The van der Waals surface area contributed by atoms with Crippen LogP contribution < -0.4 is 4.72 Å². The van der Waals surface area contributed by atoms with Gasteiger partial charge >= 0.3 is 0 Å². The Morgan fingerprint density at radius 2 is 1.82 bits per heavy atom. The first-order chi connectivity index (χ1) is 13.3. The predicted molar refractivity (Wildman–Crippen MR) is 101 cm³/mol. The van der Waals surface area contributed by atoms with Crippen LogP contribution in [0.25, 0.3) is 11.0 Å². The van der Waals surface area contributed by atoms with Crippen LogP contribution in [-0.4, -0.2) is 83.5 Å². The van der Waals surface area contributed by atoms with E-state index < -0.39 is 10.0 Å². The summed E-state index contributed by atoms with van der Waals surface area (Å²) < 4.78 is 24.5. The molecule has 0 bridgehead atoms. The smallest absolute Gasteiger partial charge is 0.246 e. The SMILES string of the molecule is CS(=O)(=O)NCC(=O)N1CC[C@H]2[C@@H](C1)CN2C(=O)Cn1nc2ccccc2n1. The minimum atomic E-state index is -3.39. The van der Waals surface area contributed by atoms with Gasteiger partial charge in [-0.1, -0.05) is 12.1 Å². The highest BCUT2D eigenvalue weighted by Crippen LogP contribution is 2.32. The molecule has 1 N–H and O–H groups in total. The number of piperidine rings is 1. The summed E-state index contributed by atoms with van der Waals surface area (Å²) in [5, 5.41) is 8.64. The zero-order chi connectivity index (χ0) is 19.9. The lowest BCUT2D eigenvalue weighted by Gasteiger charge is -2.53. The van der Waals surface area contributed by atoms with Crippen LogP contribution >= 0.6 is 0 Å². The number of aromatic nitrogens is 3. The third-order valence-corrected chi connectivity index (χ3v) is 5.96. The highest BCUT2D eigenvalue weighted by atomic mass is 32.2. The number of nitrogens with one attached hydrogen (secondary N) is 1. The minimum Gasteiger partial charge on any atom is -0.341 e. The molecule has 0 aliphatic carbocycles. The van der Waals surface area contributed by atoms with Crippen molar-refractivity contribution in [1.82, 2.24) is 29.5 Å². The van der Waals surface area contributed by atoms with E-state index in [1.165, 1.54) is 4.80 Å². The van der Waals surface area contributed by atoms with Crippen LogP contribution in [0.1, 0.15) is 6.42 Å². The van der Waals surface area contributed by atoms with Crippen molar-refractivity contribution in [3.63, 3.8) is 0 Å². The summed E-state index contributed by atoms with van der Waals surface area (Å²) >= 11 is 0. The molecule has 11 heteroatoms. The molecule has 2 atom stereocenters. The van der Waals surface area contributed by atoms with Crippen LogP contribution in [0.2, 0.25) is 0 Å². The van der Waals surface area contributed by atoms with Gasteiger partial charge < -0.3 is 9.80 Å². The van der Waals surface area contributed by atoms with Crippen molar-refractivity contribution in [2.45, 2.75) is 19.0 Å². The molecule has 2 aromatic rings. The second-order valence-electron chi connectivity index (χ2n) is 7.31. The van der Waals surface area contributed by atoms with Crippen LogP contribution in [-0.2, 0) is 26.2 Å². The second kappa shape index (κ2) is 7.13. The van der Waals surface area contributed by atoms with Gasteiger partial charge in [-0.15, -0.1) is 0 Å². The summed E-state index contributed by atoms with van der Waals surface area (Å²) in [5.41, 5.74) is 1.51. The van der Waals surface area contributed by atoms with Gasteiger partial charge in [-0.2, -0.15) is 15.0 Å². The number of fused-ring (bicyclic) bond motifs is 2. The van der Waals surface area contributed by atoms with Crippen LogP contribution in [0.4, 0.5) is 0 Å². The van der Waals surface area contributed by atoms with Gasteiger partial charge in [-0.05, 0) is 18.6 Å². The van der Waals surface area contributed by atoms with Crippen molar-refractivity contribution in [3.8, 4) is 0 Å². The Balaban J connectivity index is 1.30. The Labute approximate surface area is 162 Å². The van der Waals surface area contributed by atoms with Gasteiger partial charge in [0, 0.05) is 31.6 Å². The quantitative estimate of drug-likeness (QED) is 0.683. The van der Waals surface area contributed by atoms with Crippen LogP contribution in [0, 0.1) is 5.92 Å². The lowest BCUT2D eigenvalue weighted by molar-refractivity contribution is -0.152. The first kappa shape index (κ1) is 18.8. The summed E-state index contributed by atoms with van der Waals surface area (Å²) in [6, 6.07) is 7.58. The topological polar surface area (TPSA) is 118 Å². The standard InChI is InChI=1S/C17H22N6O4S/c1-28(26,27)18-8-16(24)21-7-6-15-12(9-21)10-22(15)17(25)11-23-19-13-4-2-3-5-14(13)20-23/h2-5,12,15,18H,6-11H2,1H3/t12-,15-/m0/s1. The molecule has 2 aliphatic rings. The number of benzene rings is 1. The monoisotopic (exact) mass is 406 g/mol. The second-order valence-corrected chi connectivity index (χ2v) is 9.15. The van der Waals surface area contributed by atoms with E-state index >= 15 is 0 Å². The molecule has 4 rings (SSSR count). The molecule has 1 aromatic carbocycles. The molecule has 2 aliphatic heterocycles. The summed E-state index contributed by atoms with van der Waals surface area (Å²) in [4.78, 5) is 29.7. The molecule has 2 amide bonds. The van der Waals surface area contributed by atoms with Gasteiger partial charge in [0.15, 0.2) is 0 Å². The Bertz CT molecular complexity index is 987. The van der Waals surface area contributed by atoms with Gasteiger partial charge in [-0.3, -0.25) is 9.59 Å². The highest BCUT2D eigenvalue weighted by molar-refractivity contribution is 7.88. The predicted octanol–water partition coefficient (Wildman–Crippen LogP) is -0.960. The van der Waals surface area contributed by atoms with E-state index in [0.29, 0.717) is 26.1 Å². The normalized spacial score (nSPS) is 22.0. The molecule has 28 heavy (non-hydrogen) atoms. The van der Waals surface area contributed by atoms with E-state index in [1.807, 2.05) is 29.2 Å². The van der Waals surface area contributed by atoms with E-state index in [0.717, 1.165) is 17.3 Å². The third kappa shape index (κ3) is 3.85. The van der Waals surface area contributed by atoms with E-state index in [2.05, 4.69) is 14.9 Å². The summed E-state index contributed by atoms with van der Waals surface area (Å²) in [6.07, 6.45) is 1.72. The van der Waals surface area contributed by atoms with Gasteiger partial charge in [0.05, 0.1) is 12.8 Å². The van der Waals surface area contributed by atoms with E-state index in [1.54, 1.807) is 4.90 Å². The van der Waals surface area contributed by atoms with Gasteiger partial charge in [-0.25, -0.2) is 13.1 Å². The third-order valence-electron chi connectivity index (χ3n) is 5.29. The van der Waals surface area contributed by atoms with Crippen molar-refractivity contribution < 1.29 is 18.0 Å². The Kier molecular flexibility index (Phi) is 4.79. The highest BCUT2D eigenvalue weighted by Gasteiger charge is 2.45. The zero-order valence-electron chi connectivity index (χ0n) is 15.5. The lowest BCUT2D eigenvalue weighted by Crippen LogP contribution is -2.66. The molecule has 2 saturated heterocycles. The fraction of sp³-hybridized carbons (Fsp3) is 0.529. The molecule has 0 radical (unpaired) electrons. The average molecular weight is 406 g/mol. The number of amides is 2. The zero-order valence-corrected chi connectivity index (χ0v) is 16.3. The van der Waals surface area contributed by atoms with E-state index in [4.69, 9.17) is 0 Å². The van der Waals surface area contributed by atoms with Crippen molar-refractivity contribution >= 4 is 32.9 Å². The summed E-state index contributed by atoms with van der Waals surface area (Å²) in [7, 11) is -3.39. The lowest BCUT2D eigenvalue weighted by atomic mass is 9.82. The van der Waals surface area contributed by atoms with Crippen molar-refractivity contribution in [1.29, 1.82) is 0 Å². The van der Waals surface area contributed by atoms with Crippen LogP contribution in [0.3, 0.4) is 0 Å². The Hall–Kier alpha value is -2.53. The maximum Gasteiger partial charge on any atom is 0.246 e. The molecule has 0 unspecified atom stereocenters. The first-order valence-electron chi connectivity index (χ1n) is 9.12. The molecule has 3 heterocycles. The molecule has 10 nitrogen and oxygen atoms in total. The number of sulfonamides is 1. The van der Waals surface area contributed by atoms with Crippen molar-refractivity contribution in [2.24, 2.45) is 5.92 Å². The largest absolute Gasteiger partial charge is 0.341 e. The fourth-order valence-corrected chi connectivity index (χ4v) is 4.25. The molecule has 1 aromatic heterocycles. The fourth-order valence-electron chi connectivity index (χ4n) is 3.86. The molecular weight excluding hydrogens is 384 g/mol. The summed E-state index contributed by atoms with van der Waals surface area (Å²) in [6.45, 7) is 1.52. The number of rotatable bonds is 5. The van der Waals surface area contributed by atoms with E-state index in [9.17, 15) is 18.0 Å². The van der Waals surface area contributed by atoms with Gasteiger partial charge in [0.25, 0.3) is 0 Å². The number of carbonyl (C=O) groups is 2. The molecule has 150 valence electrons. The Morgan fingerprint density at radius 1 is 1.14 bits per heavy atom. The number of likely N-dealkylation sites (tertiary alicyclic amines) is 2. The number of nitrogens with zero attached hydrogens (tertiary/aromatic N) is 5. The van der Waals surface area contributed by atoms with Crippen molar-refractivity contribution in [2.75, 3.05) is 32.4 Å². The van der Waals surface area contributed by atoms with Crippen molar-refractivity contribution in [3.05, 3.63) is 24.3 Å². The number of hydrogen-bond acceptors (Lipinski definition) is 6. The van der Waals surface area contributed by atoms with Crippen LogP contribution in [0.5, 0.6) is 0 Å². The van der Waals surface area contributed by atoms with Gasteiger partial charge in [0.2, 0.25) is 21.8 Å². The Morgan fingerprint density at radius 3 is 2.43 bits per heavy atom. The van der Waals surface area contributed by atoms with Gasteiger partial charge in [0.1, 0.15) is 17.6 Å². The number of hydrogen-bond donors (Lipinski definition) is 1. The number of carbonyl (C=O) groups excluding carboxylic acids is 2. The van der Waals surface area contributed by atoms with E-state index in [-0.39, 0.29) is 36.9 Å². The first-order valence-corrected chi connectivity index (χ1v) is 11.0. The van der Waals surface area contributed by atoms with Crippen LogP contribution in [0.15, 0.2) is 24.3 Å². The molecular formula is C17H22N6O4S. The summed E-state index contributed by atoms with van der Waals surface area (Å²) in [5.74, 6) is -0.0364. The average Bonchev–Trinajstić information content (AvgIpc) is 3.02. The molecule has 2 fully saturated rings. The maximum atomic E-state index is 12.6.